The molecule has 9 heteroatoms. The van der Waals surface area contributed by atoms with Gasteiger partial charge < -0.3 is 9.30 Å². The number of sulfonamides is 1. The summed E-state index contributed by atoms with van der Waals surface area (Å²) < 4.78 is 48.7. The molecule has 0 radical (unpaired) electrons. The number of nitrogens with one attached hydrogen (secondary N) is 1. The van der Waals surface area contributed by atoms with E-state index < -0.39 is 15.8 Å². The molecule has 1 fully saturated rings. The van der Waals surface area contributed by atoms with Crippen molar-refractivity contribution >= 4 is 26.7 Å². The highest BCUT2D eigenvalue weighted by Crippen LogP contribution is 2.26. The molecule has 1 N–H and O–H groups in total. The Labute approximate surface area is 174 Å². The monoisotopic (exact) mass is 430 g/mol. The van der Waals surface area contributed by atoms with E-state index in [0.29, 0.717) is 11.8 Å². The highest BCUT2D eigenvalue weighted by Gasteiger charge is 2.25. The van der Waals surface area contributed by atoms with Crippen molar-refractivity contribution in [3.05, 3.63) is 54.1 Å². The predicted molar refractivity (Wildman–Crippen MR) is 111 cm³/mol. The number of imidazole rings is 1. The molecule has 0 saturated carbocycles. The van der Waals surface area contributed by atoms with Crippen molar-refractivity contribution in [1.29, 1.82) is 0 Å². The maximum atomic E-state index is 13.1. The highest BCUT2D eigenvalue weighted by atomic mass is 32.2. The van der Waals surface area contributed by atoms with Gasteiger partial charge in [0.25, 0.3) is 10.0 Å². The summed E-state index contributed by atoms with van der Waals surface area (Å²) >= 11 is 0. The largest absolute Gasteiger partial charge is 0.377 e. The lowest BCUT2D eigenvalue weighted by molar-refractivity contribution is 0.0636. The van der Waals surface area contributed by atoms with Gasteiger partial charge in [-0.2, -0.15) is 0 Å². The van der Waals surface area contributed by atoms with Crippen LogP contribution in [0.15, 0.2) is 47.4 Å². The van der Waals surface area contributed by atoms with Crippen molar-refractivity contribution in [1.82, 2.24) is 14.5 Å². The third kappa shape index (κ3) is 3.80. The Hall–Kier alpha value is -2.49. The molecule has 0 spiro atoms. The molecule has 3 aromatic rings. The van der Waals surface area contributed by atoms with Crippen molar-refractivity contribution < 1.29 is 17.5 Å². The molecule has 0 amide bonds. The van der Waals surface area contributed by atoms with Gasteiger partial charge in [-0.15, -0.1) is 0 Å². The summed E-state index contributed by atoms with van der Waals surface area (Å²) in [5, 5.41) is 0. The zero-order valence-corrected chi connectivity index (χ0v) is 17.2. The molecule has 7 nitrogen and oxygen atoms in total. The molecule has 158 valence electrons. The first-order chi connectivity index (χ1) is 14.5. The molecule has 0 bridgehead atoms. The minimum Gasteiger partial charge on any atom is -0.377 e. The van der Waals surface area contributed by atoms with Crippen molar-refractivity contribution in [3.8, 4) is 0 Å². The zero-order valence-electron chi connectivity index (χ0n) is 16.4. The first kappa shape index (κ1) is 19.5. The zero-order chi connectivity index (χ0) is 20.7. The molecule has 3 heterocycles. The molecule has 5 rings (SSSR count). The van der Waals surface area contributed by atoms with Gasteiger partial charge in [0, 0.05) is 26.2 Å². The fraction of sp³-hybridized carbons (Fsp3) is 0.381. The van der Waals surface area contributed by atoms with Crippen molar-refractivity contribution in [2.75, 3.05) is 24.4 Å². The molecule has 30 heavy (non-hydrogen) atoms. The van der Waals surface area contributed by atoms with Gasteiger partial charge >= 0.3 is 0 Å². The number of rotatable bonds is 5. The van der Waals surface area contributed by atoms with Gasteiger partial charge in [0.1, 0.15) is 11.6 Å². The molecule has 1 atom stereocenters. The van der Waals surface area contributed by atoms with Gasteiger partial charge in [-0.05, 0) is 55.3 Å². The number of halogens is 1. The van der Waals surface area contributed by atoms with Crippen LogP contribution in [-0.2, 0) is 27.8 Å². The van der Waals surface area contributed by atoms with Crippen molar-refractivity contribution in [2.45, 2.75) is 36.9 Å². The highest BCUT2D eigenvalue weighted by molar-refractivity contribution is 7.92. The summed E-state index contributed by atoms with van der Waals surface area (Å²) in [5.41, 5.74) is 2.17. The van der Waals surface area contributed by atoms with E-state index in [4.69, 9.17) is 9.72 Å². The van der Waals surface area contributed by atoms with Crippen molar-refractivity contribution in [3.63, 3.8) is 0 Å². The van der Waals surface area contributed by atoms with E-state index in [1.807, 2.05) is 6.07 Å². The average molecular weight is 431 g/mol. The lowest BCUT2D eigenvalue weighted by Gasteiger charge is -2.29. The number of hydrogen-bond donors (Lipinski definition) is 1. The summed E-state index contributed by atoms with van der Waals surface area (Å²) in [5.74, 6) is 0.500. The molecular formula is C21H23FN4O3S. The Morgan fingerprint density at radius 1 is 1.17 bits per heavy atom. The second kappa shape index (κ2) is 7.64. The Balaban J connectivity index is 1.36. The van der Waals surface area contributed by atoms with Gasteiger partial charge in [-0.25, -0.2) is 17.8 Å². The predicted octanol–water partition coefficient (Wildman–Crippen LogP) is 2.97. The van der Waals surface area contributed by atoms with Crippen LogP contribution in [0.4, 0.5) is 10.1 Å². The summed E-state index contributed by atoms with van der Waals surface area (Å²) in [6.07, 6.45) is 2.56. The average Bonchev–Trinajstić information content (AvgIpc) is 3.34. The van der Waals surface area contributed by atoms with Gasteiger partial charge in [0.15, 0.2) is 0 Å². The summed E-state index contributed by atoms with van der Waals surface area (Å²) in [4.78, 5) is 7.13. The van der Waals surface area contributed by atoms with Gasteiger partial charge in [-0.1, -0.05) is 0 Å². The van der Waals surface area contributed by atoms with Crippen LogP contribution >= 0.6 is 0 Å². The Morgan fingerprint density at radius 3 is 2.77 bits per heavy atom. The normalized spacial score (nSPS) is 19.8. The quantitative estimate of drug-likeness (QED) is 0.674. The Morgan fingerprint density at radius 2 is 2.00 bits per heavy atom. The van der Waals surface area contributed by atoms with Crippen LogP contribution < -0.4 is 4.72 Å². The number of nitrogens with zero attached hydrogens (tertiary/aromatic N) is 3. The fourth-order valence-corrected chi connectivity index (χ4v) is 5.24. The fourth-order valence-electron chi connectivity index (χ4n) is 4.19. The standard InChI is InChI=1S/C21H23FN4O3S/c22-15-3-6-18(7-4-15)30(27,28)24-16-5-8-20-19(12-16)23-21-14-25(9-10-26(20)21)13-17-2-1-11-29-17/h3-8,12,17,24H,1-2,9-11,13-14H2. The van der Waals surface area contributed by atoms with Crippen LogP contribution in [0.2, 0.25) is 0 Å². The lowest BCUT2D eigenvalue weighted by atomic mass is 10.2. The third-order valence-corrected chi connectivity index (χ3v) is 7.09. The third-order valence-electron chi connectivity index (χ3n) is 5.69. The SMILES string of the molecule is O=S(=O)(Nc1ccc2c(c1)nc1n2CCN(CC2CCCO2)C1)c1ccc(F)cc1. The molecule has 1 aromatic heterocycles. The van der Waals surface area contributed by atoms with E-state index in [-0.39, 0.29) is 4.90 Å². The maximum absolute atomic E-state index is 13.1. The van der Waals surface area contributed by atoms with Crippen LogP contribution in [0.5, 0.6) is 0 Å². The number of hydrogen-bond acceptors (Lipinski definition) is 5. The van der Waals surface area contributed by atoms with E-state index >= 15 is 0 Å². The topological polar surface area (TPSA) is 76.5 Å². The summed E-state index contributed by atoms with van der Waals surface area (Å²) in [6, 6.07) is 10.1. The number of fused-ring (bicyclic) bond motifs is 3. The van der Waals surface area contributed by atoms with Crippen LogP contribution in [0.3, 0.4) is 0 Å². The summed E-state index contributed by atoms with van der Waals surface area (Å²) in [7, 11) is -3.80. The van der Waals surface area contributed by atoms with E-state index in [1.165, 1.54) is 12.1 Å². The van der Waals surface area contributed by atoms with E-state index in [0.717, 1.165) is 74.6 Å². The van der Waals surface area contributed by atoms with Crippen molar-refractivity contribution in [2.24, 2.45) is 0 Å². The number of aromatic nitrogens is 2. The Bertz CT molecular complexity index is 1170. The van der Waals surface area contributed by atoms with E-state index in [9.17, 15) is 12.8 Å². The number of benzene rings is 2. The van der Waals surface area contributed by atoms with Gasteiger partial charge in [-0.3, -0.25) is 9.62 Å². The van der Waals surface area contributed by atoms with Gasteiger partial charge in [0.05, 0.1) is 34.3 Å². The van der Waals surface area contributed by atoms with Crippen LogP contribution in [0.25, 0.3) is 11.0 Å². The second-order valence-corrected chi connectivity index (χ2v) is 9.50. The maximum Gasteiger partial charge on any atom is 0.261 e. The molecule has 2 aliphatic heterocycles. The van der Waals surface area contributed by atoms with E-state index in [2.05, 4.69) is 14.2 Å². The van der Waals surface area contributed by atoms with Crippen LogP contribution in [-0.4, -0.2) is 48.7 Å². The molecule has 2 aliphatic rings. The molecule has 2 aromatic carbocycles. The van der Waals surface area contributed by atoms with Crippen LogP contribution in [0, 0.1) is 5.82 Å². The molecular weight excluding hydrogens is 407 g/mol. The minimum absolute atomic E-state index is 0.0119. The summed E-state index contributed by atoms with van der Waals surface area (Å²) in [6.45, 7) is 4.32. The second-order valence-electron chi connectivity index (χ2n) is 7.81. The first-order valence-electron chi connectivity index (χ1n) is 10.1. The Kier molecular flexibility index (Phi) is 4.96. The number of ether oxygens (including phenoxy) is 1. The van der Waals surface area contributed by atoms with E-state index in [1.54, 1.807) is 12.1 Å². The molecule has 1 saturated heterocycles. The smallest absolute Gasteiger partial charge is 0.261 e. The number of anilines is 1. The van der Waals surface area contributed by atoms with Crippen LogP contribution in [0.1, 0.15) is 18.7 Å². The molecule has 0 aliphatic carbocycles. The van der Waals surface area contributed by atoms with Gasteiger partial charge in [0.2, 0.25) is 0 Å². The molecule has 1 unspecified atom stereocenters. The first-order valence-corrected chi connectivity index (χ1v) is 11.6. The minimum atomic E-state index is -3.80. The lowest BCUT2D eigenvalue weighted by Crippen LogP contribution is -2.38.